The van der Waals surface area contributed by atoms with Crippen LogP contribution >= 0.6 is 0 Å². The lowest BCUT2D eigenvalue weighted by atomic mass is 10.0. The van der Waals surface area contributed by atoms with E-state index in [0.717, 1.165) is 0 Å². The summed E-state index contributed by atoms with van der Waals surface area (Å²) >= 11 is 0. The quantitative estimate of drug-likeness (QED) is 0.795. The molecule has 0 aliphatic carbocycles. The number of sulfonamides is 1. The van der Waals surface area contributed by atoms with Gasteiger partial charge in [-0.3, -0.25) is 4.68 Å². The summed E-state index contributed by atoms with van der Waals surface area (Å²) in [6.07, 6.45) is 0.156. The summed E-state index contributed by atoms with van der Waals surface area (Å²) < 4.78 is 28.0. The van der Waals surface area contributed by atoms with Gasteiger partial charge in [-0.1, -0.05) is 0 Å². The van der Waals surface area contributed by atoms with Crippen LogP contribution < -0.4 is 5.73 Å². The Balaban J connectivity index is 2.34. The van der Waals surface area contributed by atoms with Crippen molar-refractivity contribution in [1.29, 1.82) is 0 Å². The molecule has 1 fully saturated rings. The third kappa shape index (κ3) is 2.35. The molecule has 108 valence electrons. The zero-order valence-electron chi connectivity index (χ0n) is 11.4. The third-order valence-corrected chi connectivity index (χ3v) is 5.80. The van der Waals surface area contributed by atoms with Crippen LogP contribution in [0.4, 0.5) is 5.82 Å². The molecule has 3 N–H and O–H groups in total. The minimum absolute atomic E-state index is 0.0204. The number of nitrogens with two attached hydrogens (primary N) is 1. The molecule has 0 radical (unpaired) electrons. The van der Waals surface area contributed by atoms with Crippen LogP contribution in [-0.2, 0) is 17.1 Å². The van der Waals surface area contributed by atoms with Crippen LogP contribution in [0.15, 0.2) is 4.90 Å². The van der Waals surface area contributed by atoms with E-state index in [9.17, 15) is 13.5 Å². The van der Waals surface area contributed by atoms with E-state index in [4.69, 9.17) is 5.73 Å². The minimum Gasteiger partial charge on any atom is -0.393 e. The SMILES string of the molecule is Cc1c(S(=O)(=O)N2CCC(C(C)O)C2)c(N)nn1C. The number of aromatic nitrogens is 2. The van der Waals surface area contributed by atoms with Crippen molar-refractivity contribution >= 4 is 15.8 Å². The van der Waals surface area contributed by atoms with Gasteiger partial charge in [-0.15, -0.1) is 0 Å². The molecular formula is C11H20N4O3S. The number of anilines is 1. The standard InChI is InChI=1S/C11H20N4O3S/c1-7-10(11(12)13-14(7)3)19(17,18)15-5-4-9(6-15)8(2)16/h8-9,16H,4-6H2,1-3H3,(H2,12,13). The van der Waals surface area contributed by atoms with Gasteiger partial charge in [0.25, 0.3) is 0 Å². The number of aliphatic hydroxyl groups excluding tert-OH is 1. The minimum atomic E-state index is -3.63. The molecule has 7 nitrogen and oxygen atoms in total. The van der Waals surface area contributed by atoms with Crippen molar-refractivity contribution in [3.8, 4) is 0 Å². The van der Waals surface area contributed by atoms with E-state index in [1.54, 1.807) is 20.9 Å². The van der Waals surface area contributed by atoms with Crippen LogP contribution in [0.3, 0.4) is 0 Å². The monoisotopic (exact) mass is 288 g/mol. The van der Waals surface area contributed by atoms with Crippen molar-refractivity contribution < 1.29 is 13.5 Å². The van der Waals surface area contributed by atoms with Gasteiger partial charge in [-0.2, -0.15) is 9.40 Å². The van der Waals surface area contributed by atoms with Crippen molar-refractivity contribution in [2.75, 3.05) is 18.8 Å². The lowest BCUT2D eigenvalue weighted by molar-refractivity contribution is 0.133. The molecular weight excluding hydrogens is 268 g/mol. The van der Waals surface area contributed by atoms with Gasteiger partial charge in [0.15, 0.2) is 5.82 Å². The van der Waals surface area contributed by atoms with E-state index in [2.05, 4.69) is 5.10 Å². The molecule has 2 unspecified atom stereocenters. The van der Waals surface area contributed by atoms with Crippen molar-refractivity contribution in [3.05, 3.63) is 5.69 Å². The van der Waals surface area contributed by atoms with Gasteiger partial charge in [-0.25, -0.2) is 8.42 Å². The van der Waals surface area contributed by atoms with Gasteiger partial charge in [0.2, 0.25) is 10.0 Å². The van der Waals surface area contributed by atoms with E-state index in [0.29, 0.717) is 25.2 Å². The molecule has 1 aliphatic heterocycles. The number of aliphatic hydroxyl groups is 1. The second-order valence-electron chi connectivity index (χ2n) is 5.08. The highest BCUT2D eigenvalue weighted by Crippen LogP contribution is 2.30. The Morgan fingerprint density at radius 1 is 1.53 bits per heavy atom. The fourth-order valence-corrected chi connectivity index (χ4v) is 4.23. The van der Waals surface area contributed by atoms with E-state index in [-0.39, 0.29) is 16.6 Å². The summed E-state index contributed by atoms with van der Waals surface area (Å²) in [4.78, 5) is 0.0845. The summed E-state index contributed by atoms with van der Waals surface area (Å²) in [6, 6.07) is 0. The summed E-state index contributed by atoms with van der Waals surface area (Å²) in [5, 5.41) is 13.5. The normalized spacial score (nSPS) is 22.8. The largest absolute Gasteiger partial charge is 0.393 e. The van der Waals surface area contributed by atoms with Gasteiger partial charge in [0, 0.05) is 20.1 Å². The Morgan fingerprint density at radius 3 is 2.58 bits per heavy atom. The molecule has 2 heterocycles. The van der Waals surface area contributed by atoms with E-state index in [1.165, 1.54) is 8.99 Å². The first kappa shape index (κ1) is 14.3. The Labute approximate surface area is 113 Å². The number of rotatable bonds is 3. The number of hydrogen-bond acceptors (Lipinski definition) is 5. The molecule has 2 rings (SSSR count). The zero-order valence-corrected chi connectivity index (χ0v) is 12.2. The molecule has 1 aromatic heterocycles. The highest BCUT2D eigenvalue weighted by Gasteiger charge is 2.37. The molecule has 0 spiro atoms. The van der Waals surface area contributed by atoms with Crippen molar-refractivity contribution in [1.82, 2.24) is 14.1 Å². The second-order valence-corrected chi connectivity index (χ2v) is 6.95. The molecule has 8 heteroatoms. The lowest BCUT2D eigenvalue weighted by Crippen LogP contribution is -2.31. The molecule has 1 aliphatic rings. The molecule has 1 aromatic rings. The second kappa shape index (κ2) is 4.77. The summed E-state index contributed by atoms with van der Waals surface area (Å²) in [5.74, 6) is 0.00785. The van der Waals surface area contributed by atoms with Crippen LogP contribution in [0.5, 0.6) is 0 Å². The molecule has 0 amide bonds. The van der Waals surface area contributed by atoms with E-state index >= 15 is 0 Å². The predicted molar refractivity (Wildman–Crippen MR) is 70.9 cm³/mol. The first-order chi connectivity index (χ1) is 8.75. The maximum atomic E-state index is 12.6. The first-order valence-corrected chi connectivity index (χ1v) is 7.66. The van der Waals surface area contributed by atoms with E-state index < -0.39 is 16.1 Å². The smallest absolute Gasteiger partial charge is 0.248 e. The highest BCUT2D eigenvalue weighted by atomic mass is 32.2. The lowest BCUT2D eigenvalue weighted by Gasteiger charge is -2.17. The van der Waals surface area contributed by atoms with Gasteiger partial charge < -0.3 is 10.8 Å². The topological polar surface area (TPSA) is 101 Å². The Kier molecular flexibility index (Phi) is 3.59. The Bertz CT molecular complexity index is 579. The molecule has 2 atom stereocenters. The maximum Gasteiger partial charge on any atom is 0.248 e. The van der Waals surface area contributed by atoms with Gasteiger partial charge in [-0.05, 0) is 26.2 Å². The van der Waals surface area contributed by atoms with Crippen LogP contribution in [-0.4, -0.2) is 46.8 Å². The van der Waals surface area contributed by atoms with Gasteiger partial charge in [0.1, 0.15) is 4.90 Å². The number of nitrogens with zero attached hydrogens (tertiary/aromatic N) is 3. The highest BCUT2D eigenvalue weighted by molar-refractivity contribution is 7.89. The van der Waals surface area contributed by atoms with Crippen LogP contribution in [0.1, 0.15) is 19.0 Å². The average Bonchev–Trinajstić information content (AvgIpc) is 2.85. The predicted octanol–water partition coefficient (Wildman–Crippen LogP) is -0.298. The number of nitrogen functional groups attached to an aromatic ring is 1. The summed E-state index contributed by atoms with van der Waals surface area (Å²) in [7, 11) is -1.97. The van der Waals surface area contributed by atoms with Gasteiger partial charge >= 0.3 is 0 Å². The molecule has 0 bridgehead atoms. The third-order valence-electron chi connectivity index (χ3n) is 3.77. The fraction of sp³-hybridized carbons (Fsp3) is 0.727. The molecule has 19 heavy (non-hydrogen) atoms. The average molecular weight is 288 g/mol. The number of hydrogen-bond donors (Lipinski definition) is 2. The summed E-state index contributed by atoms with van der Waals surface area (Å²) in [6.45, 7) is 4.10. The van der Waals surface area contributed by atoms with Crippen LogP contribution in [0, 0.1) is 12.8 Å². The fourth-order valence-electron chi connectivity index (χ4n) is 2.43. The van der Waals surface area contributed by atoms with Gasteiger partial charge in [0.05, 0.1) is 11.8 Å². The zero-order chi connectivity index (χ0) is 14.4. The molecule has 1 saturated heterocycles. The molecule has 0 aromatic carbocycles. The molecule has 0 saturated carbocycles. The van der Waals surface area contributed by atoms with E-state index in [1.807, 2.05) is 0 Å². The Hall–Kier alpha value is -1.12. The maximum absolute atomic E-state index is 12.6. The number of aryl methyl sites for hydroxylation is 1. The van der Waals surface area contributed by atoms with Crippen LogP contribution in [0.2, 0.25) is 0 Å². The van der Waals surface area contributed by atoms with Crippen LogP contribution in [0.25, 0.3) is 0 Å². The Morgan fingerprint density at radius 2 is 2.16 bits per heavy atom. The summed E-state index contributed by atoms with van der Waals surface area (Å²) in [5.41, 5.74) is 6.23. The van der Waals surface area contributed by atoms with Crippen molar-refractivity contribution in [3.63, 3.8) is 0 Å². The first-order valence-electron chi connectivity index (χ1n) is 6.22. The van der Waals surface area contributed by atoms with Crippen molar-refractivity contribution in [2.45, 2.75) is 31.3 Å². The van der Waals surface area contributed by atoms with Crippen molar-refractivity contribution in [2.24, 2.45) is 13.0 Å².